The summed E-state index contributed by atoms with van der Waals surface area (Å²) in [6.45, 7) is 1.01. The lowest BCUT2D eigenvalue weighted by Crippen LogP contribution is -2.57. The first-order valence-electron chi connectivity index (χ1n) is 3.68. The summed E-state index contributed by atoms with van der Waals surface area (Å²) in [5, 5.41) is 5.36. The molecule has 0 saturated carbocycles. The molecule has 1 aliphatic heterocycles. The summed E-state index contributed by atoms with van der Waals surface area (Å²) >= 11 is 0. The molecule has 0 spiro atoms. The van der Waals surface area contributed by atoms with Crippen LogP contribution in [0, 0.1) is 0 Å². The van der Waals surface area contributed by atoms with E-state index in [2.05, 4.69) is 15.4 Å². The van der Waals surface area contributed by atoms with Gasteiger partial charge in [0.15, 0.2) is 6.04 Å². The van der Waals surface area contributed by atoms with Crippen molar-refractivity contribution in [3.63, 3.8) is 0 Å². The zero-order chi connectivity index (χ0) is 9.84. The van der Waals surface area contributed by atoms with E-state index in [9.17, 15) is 13.2 Å². The molecule has 1 fully saturated rings. The predicted molar refractivity (Wildman–Crippen MR) is 45.7 cm³/mol. The summed E-state index contributed by atoms with van der Waals surface area (Å²) in [6.07, 6.45) is 0. The Morgan fingerprint density at radius 1 is 1.54 bits per heavy atom. The second kappa shape index (κ2) is 4.35. The van der Waals surface area contributed by atoms with E-state index in [0.29, 0.717) is 13.1 Å². The molecule has 7 heteroatoms. The van der Waals surface area contributed by atoms with E-state index in [0.717, 1.165) is 0 Å². The number of esters is 1. The molecule has 2 N–H and O–H groups in total. The maximum Gasteiger partial charge on any atom is 0.329 e. The molecule has 1 atom stereocenters. The Hall–Kier alpha value is -0.920. The van der Waals surface area contributed by atoms with Crippen LogP contribution in [0.15, 0.2) is 0 Å². The SMILES string of the molecule is COC(=O)C1NCCNC1=S(=O)=O. The van der Waals surface area contributed by atoms with Crippen LogP contribution in [0.25, 0.3) is 0 Å². The summed E-state index contributed by atoms with van der Waals surface area (Å²) < 4.78 is 25.7. The van der Waals surface area contributed by atoms with Crippen LogP contribution in [0.4, 0.5) is 0 Å². The summed E-state index contributed by atoms with van der Waals surface area (Å²) in [4.78, 5) is 11.0. The average Bonchev–Trinajstić information content (AvgIpc) is 2.16. The molecular weight excluding hydrogens is 196 g/mol. The fourth-order valence-corrected chi connectivity index (χ4v) is 1.65. The molecule has 0 bridgehead atoms. The van der Waals surface area contributed by atoms with Crippen LogP contribution in [-0.4, -0.2) is 45.6 Å². The quantitative estimate of drug-likeness (QED) is 0.372. The summed E-state index contributed by atoms with van der Waals surface area (Å²) in [5.41, 5.74) is 0. The van der Waals surface area contributed by atoms with E-state index in [1.807, 2.05) is 0 Å². The van der Waals surface area contributed by atoms with Gasteiger partial charge in [0, 0.05) is 13.1 Å². The first-order valence-corrected chi connectivity index (χ1v) is 4.75. The molecule has 1 heterocycles. The van der Waals surface area contributed by atoms with E-state index < -0.39 is 22.3 Å². The minimum absolute atomic E-state index is 0.0573. The van der Waals surface area contributed by atoms with Crippen molar-refractivity contribution in [2.45, 2.75) is 6.04 Å². The van der Waals surface area contributed by atoms with Crippen LogP contribution in [0.3, 0.4) is 0 Å². The summed E-state index contributed by atoms with van der Waals surface area (Å²) in [7, 11) is -1.20. The zero-order valence-corrected chi connectivity index (χ0v) is 7.85. The number of carbonyl (C=O) groups excluding carboxylic acids is 1. The van der Waals surface area contributed by atoms with Gasteiger partial charge in [0.05, 0.1) is 7.11 Å². The fourth-order valence-electron chi connectivity index (χ4n) is 1.06. The molecule has 0 aromatic rings. The molecular formula is C6H10N2O4S. The van der Waals surface area contributed by atoms with Crippen LogP contribution in [-0.2, 0) is 19.8 Å². The van der Waals surface area contributed by atoms with Crippen LogP contribution < -0.4 is 10.6 Å². The van der Waals surface area contributed by atoms with Gasteiger partial charge in [0.2, 0.25) is 10.3 Å². The van der Waals surface area contributed by atoms with E-state index in [-0.39, 0.29) is 4.99 Å². The van der Waals surface area contributed by atoms with Gasteiger partial charge in [-0.25, -0.2) is 4.79 Å². The normalized spacial score (nSPS) is 22.5. The van der Waals surface area contributed by atoms with Crippen molar-refractivity contribution in [2.24, 2.45) is 0 Å². The van der Waals surface area contributed by atoms with Crippen LogP contribution in [0.1, 0.15) is 0 Å². The van der Waals surface area contributed by atoms with Gasteiger partial charge in [0.25, 0.3) is 0 Å². The van der Waals surface area contributed by atoms with Gasteiger partial charge in [0.1, 0.15) is 4.99 Å². The maximum absolute atomic E-state index is 11.1. The van der Waals surface area contributed by atoms with Gasteiger partial charge in [-0.1, -0.05) is 0 Å². The number of carbonyl (C=O) groups is 1. The van der Waals surface area contributed by atoms with Crippen LogP contribution in [0.2, 0.25) is 0 Å². The molecule has 0 aromatic heterocycles. The molecule has 0 aromatic carbocycles. The molecule has 1 rings (SSSR count). The molecule has 13 heavy (non-hydrogen) atoms. The number of rotatable bonds is 1. The third kappa shape index (κ3) is 2.27. The van der Waals surface area contributed by atoms with Gasteiger partial charge in [-0.2, -0.15) is 8.42 Å². The Kier molecular flexibility index (Phi) is 3.40. The van der Waals surface area contributed by atoms with Crippen molar-refractivity contribution in [1.82, 2.24) is 10.6 Å². The largest absolute Gasteiger partial charge is 0.468 e. The van der Waals surface area contributed by atoms with Gasteiger partial charge in [-0.15, -0.1) is 0 Å². The average molecular weight is 206 g/mol. The Morgan fingerprint density at radius 2 is 2.23 bits per heavy atom. The number of hydrogen-bond acceptors (Lipinski definition) is 5. The van der Waals surface area contributed by atoms with Crippen molar-refractivity contribution < 1.29 is 17.9 Å². The standard InChI is InChI=1S/C6H10N2O4S/c1-12-6(9)4-5(13(10)11)8-3-2-7-4/h4,7-8H,2-3H2,1H3. The van der Waals surface area contributed by atoms with E-state index in [1.165, 1.54) is 7.11 Å². The third-order valence-corrected chi connectivity index (χ3v) is 2.39. The number of piperazine rings is 1. The van der Waals surface area contributed by atoms with Gasteiger partial charge in [-0.3, -0.25) is 10.6 Å². The number of methoxy groups -OCH3 is 1. The Labute approximate surface area is 76.8 Å². The van der Waals surface area contributed by atoms with Crippen molar-refractivity contribution >= 4 is 21.3 Å². The van der Waals surface area contributed by atoms with Crippen molar-refractivity contribution in [3.8, 4) is 0 Å². The monoisotopic (exact) mass is 206 g/mol. The lowest BCUT2D eigenvalue weighted by atomic mass is 10.2. The predicted octanol–water partition coefficient (Wildman–Crippen LogP) is -2.27. The second-order valence-corrected chi connectivity index (χ2v) is 3.35. The first-order chi connectivity index (χ1) is 6.16. The van der Waals surface area contributed by atoms with Crippen molar-refractivity contribution in [1.29, 1.82) is 0 Å². The van der Waals surface area contributed by atoms with Crippen molar-refractivity contribution in [3.05, 3.63) is 0 Å². The molecule has 0 aliphatic carbocycles. The maximum atomic E-state index is 11.1. The third-order valence-electron chi connectivity index (χ3n) is 1.65. The molecule has 1 saturated heterocycles. The highest BCUT2D eigenvalue weighted by molar-refractivity contribution is 7.73. The highest BCUT2D eigenvalue weighted by Gasteiger charge is 2.28. The molecule has 1 unspecified atom stereocenters. The summed E-state index contributed by atoms with van der Waals surface area (Å²) in [5.74, 6) is -0.605. The summed E-state index contributed by atoms with van der Waals surface area (Å²) in [6, 6.07) is -0.892. The number of hydrogen-bond donors (Lipinski definition) is 2. The highest BCUT2D eigenvalue weighted by atomic mass is 32.2. The lowest BCUT2D eigenvalue weighted by molar-refractivity contribution is -0.141. The van der Waals surface area contributed by atoms with E-state index in [1.54, 1.807) is 0 Å². The minimum atomic E-state index is -2.41. The van der Waals surface area contributed by atoms with Gasteiger partial charge < -0.3 is 4.74 Å². The second-order valence-electron chi connectivity index (χ2n) is 2.44. The number of ether oxygens (including phenoxy) is 1. The van der Waals surface area contributed by atoms with E-state index >= 15 is 0 Å². The van der Waals surface area contributed by atoms with Gasteiger partial charge in [-0.05, 0) is 0 Å². The molecule has 0 radical (unpaired) electrons. The lowest BCUT2D eigenvalue weighted by Gasteiger charge is -2.22. The van der Waals surface area contributed by atoms with Gasteiger partial charge >= 0.3 is 5.97 Å². The zero-order valence-electron chi connectivity index (χ0n) is 7.03. The fraction of sp³-hybridized carbons (Fsp3) is 0.667. The highest BCUT2D eigenvalue weighted by Crippen LogP contribution is 1.93. The number of nitrogens with one attached hydrogen (secondary N) is 2. The van der Waals surface area contributed by atoms with Crippen molar-refractivity contribution in [2.75, 3.05) is 20.2 Å². The first kappa shape index (κ1) is 10.2. The molecule has 0 amide bonds. The Morgan fingerprint density at radius 3 is 2.77 bits per heavy atom. The molecule has 6 nitrogen and oxygen atoms in total. The van der Waals surface area contributed by atoms with Crippen LogP contribution in [0.5, 0.6) is 0 Å². The van der Waals surface area contributed by atoms with E-state index in [4.69, 9.17) is 0 Å². The molecule has 1 aliphatic rings. The minimum Gasteiger partial charge on any atom is -0.468 e. The smallest absolute Gasteiger partial charge is 0.329 e. The topological polar surface area (TPSA) is 84.5 Å². The Bertz CT molecular complexity index is 327. The van der Waals surface area contributed by atoms with Crippen LogP contribution >= 0.6 is 0 Å². The Balaban J connectivity index is 2.93. The molecule has 74 valence electrons.